The summed E-state index contributed by atoms with van der Waals surface area (Å²) in [6, 6.07) is 7.91. The first-order chi connectivity index (χ1) is 14.2. The summed E-state index contributed by atoms with van der Waals surface area (Å²) in [6.45, 7) is 5.97. The average molecular weight is 437 g/mol. The number of likely N-dealkylation sites (tertiary alicyclic amines) is 1. The molecule has 7 nitrogen and oxygen atoms in total. The lowest BCUT2D eigenvalue weighted by atomic mass is 10.1. The second kappa shape index (κ2) is 11.4. The molecule has 0 bridgehead atoms. The van der Waals surface area contributed by atoms with Crippen LogP contribution in [0.5, 0.6) is 0 Å². The fourth-order valence-electron chi connectivity index (χ4n) is 3.21. The van der Waals surface area contributed by atoms with Crippen LogP contribution >= 0.6 is 23.4 Å². The maximum atomic E-state index is 9.81. The molecule has 0 unspecified atom stereocenters. The second-order valence-corrected chi connectivity index (χ2v) is 8.55. The smallest absolute Gasteiger partial charge is 0.194 e. The lowest BCUT2D eigenvalue weighted by molar-refractivity contribution is 0.108. The molecule has 1 saturated heterocycles. The van der Waals surface area contributed by atoms with Gasteiger partial charge in [-0.3, -0.25) is 4.99 Å². The summed E-state index contributed by atoms with van der Waals surface area (Å²) in [5, 5.41) is 22.2. The van der Waals surface area contributed by atoms with Gasteiger partial charge in [-0.1, -0.05) is 18.5 Å². The molecule has 1 aromatic carbocycles. The number of thioether (sulfide) groups is 1. The molecule has 0 spiro atoms. The van der Waals surface area contributed by atoms with Crippen LogP contribution in [0.25, 0.3) is 0 Å². The van der Waals surface area contributed by atoms with Gasteiger partial charge in [-0.05, 0) is 37.1 Å². The molecule has 1 aromatic heterocycles. The van der Waals surface area contributed by atoms with Crippen molar-refractivity contribution in [1.82, 2.24) is 25.0 Å². The van der Waals surface area contributed by atoms with E-state index in [1.807, 2.05) is 24.3 Å². The van der Waals surface area contributed by atoms with Crippen LogP contribution in [-0.2, 0) is 13.0 Å². The van der Waals surface area contributed by atoms with Gasteiger partial charge < -0.3 is 19.9 Å². The Bertz CT molecular complexity index is 774. The highest BCUT2D eigenvalue weighted by molar-refractivity contribution is 7.99. The van der Waals surface area contributed by atoms with Crippen molar-refractivity contribution in [3.05, 3.63) is 41.4 Å². The van der Waals surface area contributed by atoms with Gasteiger partial charge in [-0.15, -0.1) is 22.0 Å². The van der Waals surface area contributed by atoms with Gasteiger partial charge in [0.05, 0.1) is 12.6 Å². The number of halogens is 1. The number of aliphatic imine (C=N–C) groups is 1. The van der Waals surface area contributed by atoms with E-state index in [0.717, 1.165) is 68.0 Å². The number of guanidine groups is 1. The van der Waals surface area contributed by atoms with Gasteiger partial charge >= 0.3 is 0 Å². The number of hydrogen-bond donors (Lipinski definition) is 2. The summed E-state index contributed by atoms with van der Waals surface area (Å²) in [5.74, 6) is 2.83. The van der Waals surface area contributed by atoms with E-state index >= 15 is 0 Å². The molecule has 29 heavy (non-hydrogen) atoms. The Labute approximate surface area is 181 Å². The fraction of sp³-hybridized carbons (Fsp3) is 0.550. The third kappa shape index (κ3) is 6.90. The first-order valence-corrected chi connectivity index (χ1v) is 11.5. The standard InChI is InChI=1S/C20H29ClN6OS/c1-2-19-25-24-15-27(19)13-9-22-20(26-11-7-17(28)8-12-26)23-10-14-29-18-5-3-16(21)4-6-18/h3-6,15,17,28H,2,7-14H2,1H3,(H,22,23). The highest BCUT2D eigenvalue weighted by Gasteiger charge is 2.19. The van der Waals surface area contributed by atoms with Gasteiger partial charge in [0.1, 0.15) is 12.2 Å². The third-order valence-electron chi connectivity index (χ3n) is 4.85. The molecule has 9 heteroatoms. The predicted molar refractivity (Wildman–Crippen MR) is 119 cm³/mol. The average Bonchev–Trinajstić information content (AvgIpc) is 3.19. The normalized spacial score (nSPS) is 15.7. The number of nitrogens with one attached hydrogen (secondary N) is 1. The Morgan fingerprint density at radius 1 is 1.31 bits per heavy atom. The summed E-state index contributed by atoms with van der Waals surface area (Å²) < 4.78 is 2.05. The Morgan fingerprint density at radius 3 is 2.79 bits per heavy atom. The summed E-state index contributed by atoms with van der Waals surface area (Å²) in [6.07, 6.45) is 4.00. The van der Waals surface area contributed by atoms with Crippen molar-refractivity contribution < 1.29 is 5.11 Å². The van der Waals surface area contributed by atoms with Crippen molar-refractivity contribution >= 4 is 29.3 Å². The number of benzene rings is 1. The van der Waals surface area contributed by atoms with E-state index in [1.165, 1.54) is 4.90 Å². The molecular formula is C20H29ClN6OS. The molecule has 0 atom stereocenters. The molecule has 1 aliphatic heterocycles. The molecule has 2 aromatic rings. The monoisotopic (exact) mass is 436 g/mol. The minimum Gasteiger partial charge on any atom is -0.393 e. The molecule has 0 amide bonds. The maximum Gasteiger partial charge on any atom is 0.194 e. The SMILES string of the molecule is CCc1nncn1CCN=C(NCCSc1ccc(Cl)cc1)N1CCC(O)CC1. The van der Waals surface area contributed by atoms with E-state index in [2.05, 4.69) is 31.9 Å². The highest BCUT2D eigenvalue weighted by atomic mass is 35.5. The summed E-state index contributed by atoms with van der Waals surface area (Å²) in [4.78, 5) is 8.27. The molecule has 0 radical (unpaired) electrons. The molecule has 2 heterocycles. The number of aliphatic hydroxyl groups is 1. The Kier molecular flexibility index (Phi) is 8.64. The Balaban J connectivity index is 1.53. The van der Waals surface area contributed by atoms with Gasteiger partial charge in [0.25, 0.3) is 0 Å². The van der Waals surface area contributed by atoms with Crippen LogP contribution in [0, 0.1) is 0 Å². The summed E-state index contributed by atoms with van der Waals surface area (Å²) in [5.41, 5.74) is 0. The van der Waals surface area contributed by atoms with E-state index in [0.29, 0.717) is 6.54 Å². The molecule has 1 fully saturated rings. The van der Waals surface area contributed by atoms with E-state index in [1.54, 1.807) is 18.1 Å². The predicted octanol–water partition coefficient (Wildman–Crippen LogP) is 2.69. The van der Waals surface area contributed by atoms with Crippen LogP contribution in [-0.4, -0.2) is 68.8 Å². The topological polar surface area (TPSA) is 78.6 Å². The number of piperidine rings is 1. The molecular weight excluding hydrogens is 408 g/mol. The van der Waals surface area contributed by atoms with Gasteiger partial charge in [-0.25, -0.2) is 0 Å². The molecule has 0 saturated carbocycles. The fourth-order valence-corrected chi connectivity index (χ4v) is 4.11. The van der Waals surface area contributed by atoms with Crippen molar-refractivity contribution in [2.45, 2.75) is 43.7 Å². The van der Waals surface area contributed by atoms with E-state index in [-0.39, 0.29) is 6.10 Å². The third-order valence-corrected chi connectivity index (χ3v) is 6.11. The van der Waals surface area contributed by atoms with Gasteiger partial charge in [0.2, 0.25) is 0 Å². The van der Waals surface area contributed by atoms with Crippen LogP contribution in [0.2, 0.25) is 5.02 Å². The number of nitrogens with zero attached hydrogens (tertiary/aromatic N) is 5. The zero-order valence-electron chi connectivity index (χ0n) is 16.8. The van der Waals surface area contributed by atoms with Crippen molar-refractivity contribution in [2.75, 3.05) is 31.9 Å². The highest BCUT2D eigenvalue weighted by Crippen LogP contribution is 2.19. The van der Waals surface area contributed by atoms with Crippen LogP contribution < -0.4 is 5.32 Å². The Morgan fingerprint density at radius 2 is 2.07 bits per heavy atom. The first kappa shape index (κ1) is 21.9. The lowest BCUT2D eigenvalue weighted by Crippen LogP contribution is -2.47. The zero-order chi connectivity index (χ0) is 20.5. The number of aromatic nitrogens is 3. The van der Waals surface area contributed by atoms with Gasteiger partial charge in [0.15, 0.2) is 5.96 Å². The Hall–Kier alpha value is -1.77. The summed E-state index contributed by atoms with van der Waals surface area (Å²) >= 11 is 7.73. The van der Waals surface area contributed by atoms with Crippen LogP contribution in [0.3, 0.4) is 0 Å². The maximum absolute atomic E-state index is 9.81. The first-order valence-electron chi connectivity index (χ1n) is 10.1. The second-order valence-electron chi connectivity index (χ2n) is 6.95. The van der Waals surface area contributed by atoms with Gasteiger partial charge in [-0.2, -0.15) is 0 Å². The molecule has 0 aliphatic carbocycles. The van der Waals surface area contributed by atoms with Crippen LogP contribution in [0.4, 0.5) is 0 Å². The quantitative estimate of drug-likeness (QED) is 0.286. The van der Waals surface area contributed by atoms with Crippen molar-refractivity contribution in [3.8, 4) is 0 Å². The lowest BCUT2D eigenvalue weighted by Gasteiger charge is -2.32. The zero-order valence-corrected chi connectivity index (χ0v) is 18.4. The van der Waals surface area contributed by atoms with Crippen molar-refractivity contribution in [2.24, 2.45) is 4.99 Å². The minimum atomic E-state index is -0.197. The number of aryl methyl sites for hydroxylation is 1. The molecule has 158 valence electrons. The molecule has 1 aliphatic rings. The van der Waals surface area contributed by atoms with Crippen LogP contribution in [0.15, 0.2) is 40.5 Å². The van der Waals surface area contributed by atoms with Crippen LogP contribution in [0.1, 0.15) is 25.6 Å². The minimum absolute atomic E-state index is 0.197. The number of rotatable bonds is 8. The van der Waals surface area contributed by atoms with Crippen molar-refractivity contribution in [1.29, 1.82) is 0 Å². The van der Waals surface area contributed by atoms with Gasteiger partial charge in [0, 0.05) is 48.3 Å². The number of aliphatic hydroxyl groups excluding tert-OH is 1. The van der Waals surface area contributed by atoms with E-state index in [4.69, 9.17) is 16.6 Å². The molecule has 2 N–H and O–H groups in total. The number of hydrogen-bond acceptors (Lipinski definition) is 5. The largest absolute Gasteiger partial charge is 0.393 e. The van der Waals surface area contributed by atoms with E-state index in [9.17, 15) is 5.11 Å². The molecule has 3 rings (SSSR count). The van der Waals surface area contributed by atoms with E-state index < -0.39 is 0 Å². The summed E-state index contributed by atoms with van der Waals surface area (Å²) in [7, 11) is 0. The van der Waals surface area contributed by atoms with Crippen molar-refractivity contribution in [3.63, 3.8) is 0 Å².